The molecular formula is C14H16ClNO5. The third-order valence-corrected chi connectivity index (χ3v) is 3.64. The highest BCUT2D eigenvalue weighted by Crippen LogP contribution is 2.28. The summed E-state index contributed by atoms with van der Waals surface area (Å²) in [5.41, 5.74) is -0.227. The maximum Gasteiger partial charge on any atom is 0.337 e. The summed E-state index contributed by atoms with van der Waals surface area (Å²) in [5.74, 6) is -0.367. The molecule has 0 aromatic heterocycles. The number of carbonyl (C=O) groups is 1. The number of halogens is 1. The number of benzene rings is 1. The van der Waals surface area contributed by atoms with Crippen LogP contribution < -0.4 is 4.74 Å². The van der Waals surface area contributed by atoms with Crippen LogP contribution in [0.1, 0.15) is 32.1 Å². The molecule has 6 nitrogen and oxygen atoms in total. The van der Waals surface area contributed by atoms with Gasteiger partial charge in [-0.1, -0.05) is 30.9 Å². The van der Waals surface area contributed by atoms with Crippen molar-refractivity contribution in [2.75, 3.05) is 6.61 Å². The molecule has 0 unspecified atom stereocenters. The van der Waals surface area contributed by atoms with Crippen molar-refractivity contribution < 1.29 is 19.2 Å². The zero-order valence-electron chi connectivity index (χ0n) is 11.4. The van der Waals surface area contributed by atoms with Crippen molar-refractivity contribution in [1.29, 1.82) is 0 Å². The Morgan fingerprint density at radius 3 is 2.67 bits per heavy atom. The van der Waals surface area contributed by atoms with Gasteiger partial charge in [-0.25, -0.2) is 4.79 Å². The summed E-state index contributed by atoms with van der Waals surface area (Å²) in [5, 5.41) is 10.6. The number of rotatable bonds is 5. The molecular weight excluding hydrogens is 298 g/mol. The molecule has 0 saturated heterocycles. The lowest BCUT2D eigenvalue weighted by atomic mass is 9.98. The van der Waals surface area contributed by atoms with Gasteiger partial charge in [-0.2, -0.15) is 0 Å². The molecule has 0 aliphatic heterocycles. The van der Waals surface area contributed by atoms with E-state index in [0.717, 1.165) is 25.7 Å². The van der Waals surface area contributed by atoms with E-state index >= 15 is 0 Å². The highest BCUT2D eigenvalue weighted by Gasteiger charge is 2.17. The Morgan fingerprint density at radius 1 is 1.33 bits per heavy atom. The summed E-state index contributed by atoms with van der Waals surface area (Å²) in [6, 6.07) is 3.79. The molecule has 0 atom stereocenters. The van der Waals surface area contributed by atoms with Crippen LogP contribution in [0.3, 0.4) is 0 Å². The second-order valence-corrected chi connectivity index (χ2v) is 5.32. The topological polar surface area (TPSA) is 78.7 Å². The van der Waals surface area contributed by atoms with Crippen molar-refractivity contribution in [3.05, 3.63) is 33.3 Å². The van der Waals surface area contributed by atoms with Gasteiger partial charge in [0.1, 0.15) is 17.4 Å². The van der Waals surface area contributed by atoms with Crippen LogP contribution in [0.5, 0.6) is 5.75 Å². The zero-order valence-corrected chi connectivity index (χ0v) is 12.2. The molecule has 0 bridgehead atoms. The lowest BCUT2D eigenvalue weighted by Gasteiger charge is -2.21. The first-order valence-corrected chi connectivity index (χ1v) is 7.20. The second kappa shape index (κ2) is 7.38. The quantitative estimate of drug-likeness (QED) is 0.360. The van der Waals surface area contributed by atoms with Gasteiger partial charge in [-0.3, -0.25) is 10.1 Å². The maximum atomic E-state index is 11.7. The van der Waals surface area contributed by atoms with Gasteiger partial charge in [-0.05, 0) is 18.9 Å². The first kappa shape index (κ1) is 15.7. The Bertz CT molecular complexity index is 528. The minimum atomic E-state index is -0.597. The van der Waals surface area contributed by atoms with Gasteiger partial charge in [0.15, 0.2) is 0 Å². The van der Waals surface area contributed by atoms with Crippen molar-refractivity contribution >= 4 is 23.3 Å². The number of nitro groups is 1. The summed E-state index contributed by atoms with van der Waals surface area (Å²) in [6.45, 7) is -0.126. The van der Waals surface area contributed by atoms with E-state index in [9.17, 15) is 14.9 Å². The fourth-order valence-electron chi connectivity index (χ4n) is 2.28. The Morgan fingerprint density at radius 2 is 2.05 bits per heavy atom. The predicted octanol–water partition coefficient (Wildman–Crippen LogP) is 3.50. The number of ether oxygens (including phenoxy) is 2. The number of hydrogen-bond acceptors (Lipinski definition) is 5. The molecule has 0 radical (unpaired) electrons. The number of esters is 1. The van der Waals surface area contributed by atoms with Gasteiger partial charge in [0.05, 0.1) is 11.0 Å². The molecule has 7 heteroatoms. The fraction of sp³-hybridized carbons (Fsp3) is 0.500. The van der Waals surface area contributed by atoms with Crippen LogP contribution in [0, 0.1) is 10.1 Å². The zero-order chi connectivity index (χ0) is 15.2. The Labute approximate surface area is 127 Å². The first-order chi connectivity index (χ1) is 10.1. The van der Waals surface area contributed by atoms with Gasteiger partial charge in [0.25, 0.3) is 5.69 Å². The number of nitrogens with zero attached hydrogens (tertiary/aromatic N) is 1. The van der Waals surface area contributed by atoms with E-state index in [4.69, 9.17) is 21.1 Å². The van der Waals surface area contributed by atoms with Gasteiger partial charge < -0.3 is 9.47 Å². The largest absolute Gasteiger partial charge is 0.425 e. The fourth-order valence-corrected chi connectivity index (χ4v) is 2.52. The highest BCUT2D eigenvalue weighted by molar-refractivity contribution is 6.32. The van der Waals surface area contributed by atoms with Crippen LogP contribution in [-0.2, 0) is 9.53 Å². The van der Waals surface area contributed by atoms with E-state index in [2.05, 4.69) is 0 Å². The van der Waals surface area contributed by atoms with Gasteiger partial charge in [0.2, 0.25) is 0 Å². The van der Waals surface area contributed by atoms with Crippen LogP contribution in [0.15, 0.2) is 18.2 Å². The van der Waals surface area contributed by atoms with Crippen LogP contribution in [0.25, 0.3) is 0 Å². The van der Waals surface area contributed by atoms with E-state index in [-0.39, 0.29) is 29.2 Å². The minimum Gasteiger partial charge on any atom is -0.425 e. The third-order valence-electron chi connectivity index (χ3n) is 3.34. The van der Waals surface area contributed by atoms with Gasteiger partial charge in [-0.15, -0.1) is 0 Å². The van der Waals surface area contributed by atoms with Gasteiger partial charge in [0, 0.05) is 12.1 Å². The second-order valence-electron chi connectivity index (χ2n) is 4.92. The average Bonchev–Trinajstić information content (AvgIpc) is 2.46. The van der Waals surface area contributed by atoms with E-state index in [1.165, 1.54) is 24.6 Å². The Balaban J connectivity index is 1.84. The monoisotopic (exact) mass is 313 g/mol. The molecule has 2 rings (SSSR count). The van der Waals surface area contributed by atoms with E-state index in [1.54, 1.807) is 0 Å². The Hall–Kier alpha value is -1.66. The molecule has 1 aliphatic carbocycles. The smallest absolute Gasteiger partial charge is 0.337 e. The van der Waals surface area contributed by atoms with Gasteiger partial charge >= 0.3 is 5.97 Å². The van der Waals surface area contributed by atoms with E-state index in [0.29, 0.717) is 0 Å². The van der Waals surface area contributed by atoms with E-state index in [1.807, 2.05) is 0 Å². The van der Waals surface area contributed by atoms with Crippen LogP contribution in [0.4, 0.5) is 5.69 Å². The molecule has 0 heterocycles. The molecule has 1 aromatic rings. The number of carbonyl (C=O) groups excluding carboxylic acids is 1. The lowest BCUT2D eigenvalue weighted by molar-refractivity contribution is -0.384. The van der Waals surface area contributed by atoms with E-state index < -0.39 is 10.9 Å². The normalized spacial score (nSPS) is 15.7. The third kappa shape index (κ3) is 4.68. The lowest BCUT2D eigenvalue weighted by Crippen LogP contribution is -2.23. The molecule has 21 heavy (non-hydrogen) atoms. The SMILES string of the molecule is O=C(COC1CCCCC1)Oc1ccc([N+](=O)[O-])c(Cl)c1. The standard InChI is InChI=1S/C14H16ClNO5/c15-12-8-11(6-7-13(12)16(18)19)21-14(17)9-20-10-4-2-1-3-5-10/h6-8,10H,1-5,9H2. The summed E-state index contributed by atoms with van der Waals surface area (Å²) < 4.78 is 10.5. The van der Waals surface area contributed by atoms with Crippen molar-refractivity contribution in [3.63, 3.8) is 0 Å². The molecule has 1 saturated carbocycles. The number of nitro benzene ring substituents is 1. The maximum absolute atomic E-state index is 11.7. The van der Waals surface area contributed by atoms with Crippen molar-refractivity contribution in [2.24, 2.45) is 0 Å². The minimum absolute atomic E-state index is 0.0708. The highest BCUT2D eigenvalue weighted by atomic mass is 35.5. The molecule has 1 aromatic carbocycles. The molecule has 0 amide bonds. The van der Waals surface area contributed by atoms with Crippen LogP contribution in [0.2, 0.25) is 5.02 Å². The Kier molecular flexibility index (Phi) is 5.52. The van der Waals surface area contributed by atoms with Crippen LogP contribution >= 0.6 is 11.6 Å². The molecule has 114 valence electrons. The summed E-state index contributed by atoms with van der Waals surface area (Å²) in [4.78, 5) is 21.7. The van der Waals surface area contributed by atoms with Crippen molar-refractivity contribution in [3.8, 4) is 5.75 Å². The van der Waals surface area contributed by atoms with Crippen molar-refractivity contribution in [2.45, 2.75) is 38.2 Å². The molecule has 1 aliphatic rings. The van der Waals surface area contributed by atoms with Crippen molar-refractivity contribution in [1.82, 2.24) is 0 Å². The molecule has 1 fully saturated rings. The first-order valence-electron chi connectivity index (χ1n) is 6.82. The molecule has 0 N–H and O–H groups in total. The molecule has 0 spiro atoms. The summed E-state index contributed by atoms with van der Waals surface area (Å²) >= 11 is 5.74. The van der Waals surface area contributed by atoms with Crippen LogP contribution in [-0.4, -0.2) is 23.6 Å². The predicted molar refractivity (Wildman–Crippen MR) is 76.6 cm³/mol. The summed E-state index contributed by atoms with van der Waals surface area (Å²) in [7, 11) is 0. The summed E-state index contributed by atoms with van der Waals surface area (Å²) in [6.07, 6.45) is 5.51. The average molecular weight is 314 g/mol. The number of hydrogen-bond donors (Lipinski definition) is 0.